The van der Waals surface area contributed by atoms with Crippen molar-refractivity contribution in [2.75, 3.05) is 0 Å². The average Bonchev–Trinajstić information content (AvgIpc) is 3.00. The number of rotatable bonds is 5. The zero-order valence-corrected chi connectivity index (χ0v) is 19.5. The highest BCUT2D eigenvalue weighted by molar-refractivity contribution is 5.39. The van der Waals surface area contributed by atoms with E-state index in [0.717, 1.165) is 38.0 Å². The third-order valence-electron chi connectivity index (χ3n) is 9.76. The summed E-state index contributed by atoms with van der Waals surface area (Å²) < 4.78 is 0. The molecule has 0 aromatic carbocycles. The van der Waals surface area contributed by atoms with E-state index >= 15 is 0 Å². The first-order chi connectivity index (χ1) is 13.6. The van der Waals surface area contributed by atoms with E-state index in [2.05, 4.69) is 46.8 Å². The van der Waals surface area contributed by atoms with Gasteiger partial charge in [-0.05, 0) is 92.8 Å². The Hall–Kier alpha value is -0.600. The van der Waals surface area contributed by atoms with Crippen LogP contribution < -0.4 is 0 Å². The van der Waals surface area contributed by atoms with Crippen molar-refractivity contribution in [2.24, 2.45) is 34.5 Å². The summed E-state index contributed by atoms with van der Waals surface area (Å²) in [5, 5.41) is 21.7. The molecule has 4 aliphatic rings. The Bertz CT molecular complexity index is 687. The molecule has 0 aromatic heterocycles. The summed E-state index contributed by atoms with van der Waals surface area (Å²) in [6.07, 6.45) is 15.8. The number of aliphatic hydroxyl groups excluding tert-OH is 1. The smallest absolute Gasteiger partial charge is 0.0653 e. The van der Waals surface area contributed by atoms with Crippen molar-refractivity contribution in [3.63, 3.8) is 0 Å². The molecule has 0 heterocycles. The van der Waals surface area contributed by atoms with Crippen molar-refractivity contribution in [1.82, 2.24) is 0 Å². The van der Waals surface area contributed by atoms with Crippen molar-refractivity contribution in [3.8, 4) is 0 Å². The lowest BCUT2D eigenvalue weighted by Crippen LogP contribution is -2.49. The van der Waals surface area contributed by atoms with Gasteiger partial charge >= 0.3 is 0 Å². The van der Waals surface area contributed by atoms with Crippen LogP contribution in [0.4, 0.5) is 0 Å². The summed E-state index contributed by atoms with van der Waals surface area (Å²) in [5.74, 6) is 2.42. The molecular formula is C27H44O2. The van der Waals surface area contributed by atoms with Crippen molar-refractivity contribution in [3.05, 3.63) is 23.3 Å². The molecule has 0 radical (unpaired) electrons. The van der Waals surface area contributed by atoms with E-state index in [1.54, 1.807) is 5.57 Å². The Balaban J connectivity index is 1.57. The molecule has 2 nitrogen and oxygen atoms in total. The van der Waals surface area contributed by atoms with Crippen LogP contribution in [0.2, 0.25) is 0 Å². The molecule has 7 atom stereocenters. The van der Waals surface area contributed by atoms with Gasteiger partial charge in [-0.25, -0.2) is 0 Å². The monoisotopic (exact) mass is 400 g/mol. The highest BCUT2D eigenvalue weighted by Gasteiger charge is 2.59. The maximum absolute atomic E-state index is 11.5. The predicted octanol–water partition coefficient (Wildman–Crippen LogP) is 6.42. The molecule has 164 valence electrons. The molecule has 2 heteroatoms. The molecule has 3 fully saturated rings. The lowest BCUT2D eigenvalue weighted by Gasteiger charge is -2.55. The zero-order valence-electron chi connectivity index (χ0n) is 19.5. The largest absolute Gasteiger partial charge is 0.393 e. The van der Waals surface area contributed by atoms with Gasteiger partial charge in [0.1, 0.15) is 0 Å². The second kappa shape index (κ2) is 7.52. The first-order valence-corrected chi connectivity index (χ1v) is 12.4. The van der Waals surface area contributed by atoms with E-state index in [1.165, 1.54) is 37.7 Å². The van der Waals surface area contributed by atoms with Crippen molar-refractivity contribution in [1.29, 1.82) is 0 Å². The maximum Gasteiger partial charge on any atom is 0.0653 e. The van der Waals surface area contributed by atoms with Gasteiger partial charge < -0.3 is 10.2 Å². The van der Waals surface area contributed by atoms with Crippen LogP contribution in [0.1, 0.15) is 98.8 Å². The molecule has 29 heavy (non-hydrogen) atoms. The van der Waals surface area contributed by atoms with E-state index in [4.69, 9.17) is 0 Å². The Morgan fingerprint density at radius 3 is 2.55 bits per heavy atom. The van der Waals surface area contributed by atoms with Crippen molar-refractivity contribution >= 4 is 0 Å². The molecule has 0 amide bonds. The number of allylic oxidation sites excluding steroid dienone is 3. The third kappa shape index (κ3) is 3.57. The number of hydrogen-bond acceptors (Lipinski definition) is 2. The topological polar surface area (TPSA) is 40.5 Å². The first-order valence-electron chi connectivity index (χ1n) is 12.4. The molecule has 0 aliphatic heterocycles. The molecule has 0 aromatic rings. The third-order valence-corrected chi connectivity index (χ3v) is 9.76. The molecular weight excluding hydrogens is 356 g/mol. The molecule has 0 spiro atoms. The van der Waals surface area contributed by atoms with Crippen LogP contribution in [0.15, 0.2) is 23.3 Å². The molecule has 3 saturated carbocycles. The van der Waals surface area contributed by atoms with Gasteiger partial charge in [0.15, 0.2) is 0 Å². The summed E-state index contributed by atoms with van der Waals surface area (Å²) >= 11 is 0. The quantitative estimate of drug-likeness (QED) is 0.559. The first kappa shape index (κ1) is 21.6. The van der Waals surface area contributed by atoms with Crippen molar-refractivity contribution in [2.45, 2.75) is 111 Å². The average molecular weight is 401 g/mol. The van der Waals surface area contributed by atoms with Gasteiger partial charge in [0.25, 0.3) is 0 Å². The fraction of sp³-hybridized carbons (Fsp3) is 0.852. The molecule has 2 N–H and O–H groups in total. The van der Waals surface area contributed by atoms with Crippen LogP contribution in [0, 0.1) is 34.5 Å². The van der Waals surface area contributed by atoms with Gasteiger partial charge in [0.2, 0.25) is 0 Å². The Morgan fingerprint density at radius 2 is 1.83 bits per heavy atom. The van der Waals surface area contributed by atoms with Crippen LogP contribution in [0.3, 0.4) is 0 Å². The zero-order chi connectivity index (χ0) is 21.0. The van der Waals surface area contributed by atoms with Gasteiger partial charge in [-0.15, -0.1) is 0 Å². The molecule has 0 bridgehead atoms. The number of hydrogen-bond donors (Lipinski definition) is 2. The van der Waals surface area contributed by atoms with Crippen LogP contribution in [-0.4, -0.2) is 21.9 Å². The van der Waals surface area contributed by atoms with Gasteiger partial charge in [0, 0.05) is 0 Å². The summed E-state index contributed by atoms with van der Waals surface area (Å²) in [5.41, 5.74) is 3.12. The predicted molar refractivity (Wildman–Crippen MR) is 120 cm³/mol. The van der Waals surface area contributed by atoms with E-state index in [1.807, 2.05) is 0 Å². The molecule has 0 unspecified atom stereocenters. The number of aliphatic hydroxyl groups is 2. The minimum Gasteiger partial charge on any atom is -0.393 e. The normalized spacial score (nSPS) is 43.7. The Morgan fingerprint density at radius 1 is 1.07 bits per heavy atom. The summed E-state index contributed by atoms with van der Waals surface area (Å²) in [6.45, 7) is 11.7. The summed E-state index contributed by atoms with van der Waals surface area (Å²) in [7, 11) is 0. The molecule has 4 aliphatic carbocycles. The Kier molecular flexibility index (Phi) is 5.61. The van der Waals surface area contributed by atoms with Gasteiger partial charge in [0.05, 0.1) is 11.7 Å². The van der Waals surface area contributed by atoms with E-state index in [0.29, 0.717) is 17.8 Å². The van der Waals surface area contributed by atoms with Crippen LogP contribution in [0.25, 0.3) is 0 Å². The fourth-order valence-electron chi connectivity index (χ4n) is 8.05. The fourth-order valence-corrected chi connectivity index (χ4v) is 8.05. The van der Waals surface area contributed by atoms with Crippen LogP contribution in [-0.2, 0) is 0 Å². The second-order valence-electron chi connectivity index (χ2n) is 12.1. The minimum atomic E-state index is -0.541. The van der Waals surface area contributed by atoms with Gasteiger partial charge in [-0.1, -0.05) is 63.8 Å². The second-order valence-corrected chi connectivity index (χ2v) is 12.1. The lowest BCUT2D eigenvalue weighted by molar-refractivity contribution is -0.0726. The standard InChI is InChI=1S/C27H44O2/c1-18(2)7-6-14-27(5,29)24-11-10-22-21-9-8-19-17-20(28)12-15-25(19,3)23(21)13-16-26(22,24)4/h8-9,18,20,22-24,28-29H,6-7,10-17H2,1-5H3/t20-,22-,23+,24-,25+,26-,27-/m0/s1. The Labute approximate surface area is 178 Å². The highest BCUT2D eigenvalue weighted by Crippen LogP contribution is 2.66. The highest BCUT2D eigenvalue weighted by atomic mass is 16.3. The minimum absolute atomic E-state index is 0.144. The van der Waals surface area contributed by atoms with Gasteiger partial charge in [-0.2, -0.15) is 0 Å². The van der Waals surface area contributed by atoms with E-state index in [-0.39, 0.29) is 16.9 Å². The lowest BCUT2D eigenvalue weighted by atomic mass is 9.49. The molecule has 0 saturated heterocycles. The van der Waals surface area contributed by atoms with Crippen LogP contribution in [0.5, 0.6) is 0 Å². The number of fused-ring (bicyclic) bond motifs is 5. The van der Waals surface area contributed by atoms with E-state index < -0.39 is 5.60 Å². The SMILES string of the molecule is CC(C)CCC[C@](C)(O)[C@H]1CC[C@H]2C3=CC=C4C[C@@H](O)CC[C@@]4(C)[C@@H]3CC[C@@]21C. The molecule has 4 rings (SSSR count). The summed E-state index contributed by atoms with van der Waals surface area (Å²) in [6, 6.07) is 0. The van der Waals surface area contributed by atoms with E-state index in [9.17, 15) is 10.2 Å². The summed E-state index contributed by atoms with van der Waals surface area (Å²) in [4.78, 5) is 0. The van der Waals surface area contributed by atoms with Crippen LogP contribution >= 0.6 is 0 Å². The maximum atomic E-state index is 11.5. The van der Waals surface area contributed by atoms with Crippen molar-refractivity contribution < 1.29 is 10.2 Å². The van der Waals surface area contributed by atoms with Gasteiger partial charge in [-0.3, -0.25) is 0 Å².